The summed E-state index contributed by atoms with van der Waals surface area (Å²) in [5.41, 5.74) is 2.40. The molecule has 1 saturated heterocycles. The van der Waals surface area contributed by atoms with E-state index in [2.05, 4.69) is 15.3 Å². The number of rotatable bonds is 4. The molecular weight excluding hydrogens is 342 g/mol. The van der Waals surface area contributed by atoms with Gasteiger partial charge in [-0.1, -0.05) is 18.2 Å². The zero-order chi connectivity index (χ0) is 18.6. The molecule has 0 N–H and O–H groups in total. The number of carbonyl (C=O) groups is 1. The quantitative estimate of drug-likeness (QED) is 0.712. The summed E-state index contributed by atoms with van der Waals surface area (Å²) in [7, 11) is 0. The van der Waals surface area contributed by atoms with Gasteiger partial charge in [-0.25, -0.2) is 4.68 Å². The highest BCUT2D eigenvalue weighted by molar-refractivity contribution is 5.95. The van der Waals surface area contributed by atoms with Crippen molar-refractivity contribution in [1.82, 2.24) is 24.9 Å². The molecule has 1 amide bonds. The zero-order valence-corrected chi connectivity index (χ0v) is 15.2. The second-order valence-corrected chi connectivity index (χ2v) is 6.59. The second kappa shape index (κ2) is 7.57. The van der Waals surface area contributed by atoms with Crippen LogP contribution < -0.4 is 4.74 Å². The molecule has 3 heterocycles. The molecule has 27 heavy (non-hydrogen) atoms. The number of nitrogens with zero attached hydrogens (tertiary/aromatic N) is 5. The van der Waals surface area contributed by atoms with Crippen LogP contribution in [0.4, 0.5) is 0 Å². The summed E-state index contributed by atoms with van der Waals surface area (Å²) in [4.78, 5) is 14.9. The largest absolute Gasteiger partial charge is 0.471 e. The van der Waals surface area contributed by atoms with E-state index in [0.29, 0.717) is 18.0 Å². The predicted molar refractivity (Wildman–Crippen MR) is 99.9 cm³/mol. The first kappa shape index (κ1) is 17.2. The van der Waals surface area contributed by atoms with Gasteiger partial charge in [-0.3, -0.25) is 4.79 Å². The summed E-state index contributed by atoms with van der Waals surface area (Å²) in [6.45, 7) is 3.17. The van der Waals surface area contributed by atoms with Crippen LogP contribution in [0.25, 0.3) is 5.69 Å². The van der Waals surface area contributed by atoms with Gasteiger partial charge in [0.25, 0.3) is 5.91 Å². The molecule has 0 bridgehead atoms. The first-order chi connectivity index (χ1) is 13.2. The minimum absolute atomic E-state index is 0.0119. The first-order valence-corrected chi connectivity index (χ1v) is 9.06. The van der Waals surface area contributed by atoms with E-state index >= 15 is 0 Å². The maximum absolute atomic E-state index is 13.1. The lowest BCUT2D eigenvalue weighted by atomic mass is 10.1. The van der Waals surface area contributed by atoms with Crippen molar-refractivity contribution in [2.24, 2.45) is 0 Å². The smallest absolute Gasteiger partial charge is 0.257 e. The monoisotopic (exact) mass is 363 g/mol. The molecule has 0 saturated carbocycles. The Morgan fingerprint density at radius 3 is 2.81 bits per heavy atom. The molecule has 1 atom stereocenters. The molecule has 7 heteroatoms. The molecule has 0 radical (unpaired) electrons. The Bertz CT molecular complexity index is 911. The van der Waals surface area contributed by atoms with E-state index in [-0.39, 0.29) is 12.0 Å². The maximum Gasteiger partial charge on any atom is 0.257 e. The van der Waals surface area contributed by atoms with E-state index < -0.39 is 0 Å². The summed E-state index contributed by atoms with van der Waals surface area (Å²) in [5, 5.41) is 12.2. The molecule has 0 aliphatic carbocycles. The van der Waals surface area contributed by atoms with E-state index in [1.54, 1.807) is 29.2 Å². The van der Waals surface area contributed by atoms with Gasteiger partial charge in [0.2, 0.25) is 5.88 Å². The van der Waals surface area contributed by atoms with Crippen LogP contribution in [-0.4, -0.2) is 50.0 Å². The van der Waals surface area contributed by atoms with E-state index in [9.17, 15) is 4.79 Å². The predicted octanol–water partition coefficient (Wildman–Crippen LogP) is 2.65. The molecule has 138 valence electrons. The average molecular weight is 363 g/mol. The lowest BCUT2D eigenvalue weighted by Crippen LogP contribution is -2.44. The van der Waals surface area contributed by atoms with Crippen LogP contribution in [0.1, 0.15) is 28.9 Å². The molecule has 1 aromatic carbocycles. The number of hydrogen-bond donors (Lipinski definition) is 0. The molecule has 4 rings (SSSR count). The summed E-state index contributed by atoms with van der Waals surface area (Å²) in [6, 6.07) is 13.4. The molecule has 1 unspecified atom stereocenters. The van der Waals surface area contributed by atoms with Gasteiger partial charge in [-0.05, 0) is 38.0 Å². The van der Waals surface area contributed by atoms with Crippen LogP contribution in [0.5, 0.6) is 5.88 Å². The molecule has 3 aromatic rings. The van der Waals surface area contributed by atoms with Gasteiger partial charge in [0, 0.05) is 18.8 Å². The van der Waals surface area contributed by atoms with E-state index in [4.69, 9.17) is 4.74 Å². The van der Waals surface area contributed by atoms with Gasteiger partial charge in [0.1, 0.15) is 6.10 Å². The summed E-state index contributed by atoms with van der Waals surface area (Å²) < 4.78 is 7.68. The topological polar surface area (TPSA) is 73.1 Å². The number of para-hydroxylation sites is 1. The minimum atomic E-state index is -0.0797. The average Bonchev–Trinajstić information content (AvgIpc) is 3.10. The number of ether oxygens (including phenoxy) is 1. The highest BCUT2D eigenvalue weighted by atomic mass is 16.5. The fourth-order valence-electron chi connectivity index (χ4n) is 3.36. The van der Waals surface area contributed by atoms with E-state index in [1.165, 1.54) is 0 Å². The first-order valence-electron chi connectivity index (χ1n) is 9.06. The lowest BCUT2D eigenvalue weighted by molar-refractivity contribution is 0.0525. The fourth-order valence-corrected chi connectivity index (χ4v) is 3.36. The zero-order valence-electron chi connectivity index (χ0n) is 15.2. The Kier molecular flexibility index (Phi) is 4.82. The SMILES string of the molecule is Cc1c(C(=O)N2CCCC(Oc3cccnn3)C2)cnn1-c1ccccc1. The highest BCUT2D eigenvalue weighted by Crippen LogP contribution is 2.20. The number of piperidine rings is 1. The Hall–Kier alpha value is -3.22. The summed E-state index contributed by atoms with van der Waals surface area (Å²) in [6.07, 6.45) is 4.96. The van der Waals surface area contributed by atoms with Crippen LogP contribution in [0.3, 0.4) is 0 Å². The van der Waals surface area contributed by atoms with Crippen molar-refractivity contribution in [2.45, 2.75) is 25.9 Å². The van der Waals surface area contributed by atoms with Crippen LogP contribution in [0.15, 0.2) is 54.9 Å². The van der Waals surface area contributed by atoms with Gasteiger partial charge in [-0.2, -0.15) is 10.2 Å². The van der Waals surface area contributed by atoms with Crippen molar-refractivity contribution in [3.05, 3.63) is 66.1 Å². The van der Waals surface area contributed by atoms with Gasteiger partial charge >= 0.3 is 0 Å². The van der Waals surface area contributed by atoms with Crippen LogP contribution in [-0.2, 0) is 0 Å². The van der Waals surface area contributed by atoms with Crippen molar-refractivity contribution in [1.29, 1.82) is 0 Å². The molecule has 1 fully saturated rings. The third kappa shape index (κ3) is 3.67. The molecular formula is C20H21N5O2. The van der Waals surface area contributed by atoms with Crippen LogP contribution in [0, 0.1) is 6.92 Å². The third-order valence-electron chi connectivity index (χ3n) is 4.74. The van der Waals surface area contributed by atoms with E-state index in [0.717, 1.165) is 30.8 Å². The van der Waals surface area contributed by atoms with Gasteiger partial charge < -0.3 is 9.64 Å². The Labute approximate surface area is 157 Å². The summed E-state index contributed by atoms with van der Waals surface area (Å²) >= 11 is 0. The molecule has 0 spiro atoms. The normalized spacial score (nSPS) is 16.9. The van der Waals surface area contributed by atoms with E-state index in [1.807, 2.05) is 42.2 Å². The number of carbonyl (C=O) groups excluding carboxylic acids is 1. The molecule has 1 aliphatic heterocycles. The minimum Gasteiger partial charge on any atom is -0.471 e. The Morgan fingerprint density at radius 2 is 2.04 bits per heavy atom. The Balaban J connectivity index is 1.49. The highest BCUT2D eigenvalue weighted by Gasteiger charge is 2.28. The fraction of sp³-hybridized carbons (Fsp3) is 0.300. The number of likely N-dealkylation sites (tertiary alicyclic amines) is 1. The second-order valence-electron chi connectivity index (χ2n) is 6.59. The Morgan fingerprint density at radius 1 is 1.19 bits per heavy atom. The van der Waals surface area contributed by atoms with Gasteiger partial charge in [-0.15, -0.1) is 5.10 Å². The van der Waals surface area contributed by atoms with Crippen molar-refractivity contribution in [2.75, 3.05) is 13.1 Å². The van der Waals surface area contributed by atoms with Crippen molar-refractivity contribution >= 4 is 5.91 Å². The van der Waals surface area contributed by atoms with Crippen LogP contribution in [0.2, 0.25) is 0 Å². The number of amides is 1. The lowest BCUT2D eigenvalue weighted by Gasteiger charge is -2.32. The molecule has 7 nitrogen and oxygen atoms in total. The van der Waals surface area contributed by atoms with Crippen molar-refractivity contribution in [3.63, 3.8) is 0 Å². The van der Waals surface area contributed by atoms with Crippen LogP contribution >= 0.6 is 0 Å². The van der Waals surface area contributed by atoms with Gasteiger partial charge in [0.15, 0.2) is 0 Å². The van der Waals surface area contributed by atoms with Gasteiger partial charge in [0.05, 0.1) is 29.7 Å². The molecule has 2 aromatic heterocycles. The van der Waals surface area contributed by atoms with Crippen molar-refractivity contribution < 1.29 is 9.53 Å². The maximum atomic E-state index is 13.1. The van der Waals surface area contributed by atoms with Crippen molar-refractivity contribution in [3.8, 4) is 11.6 Å². The number of aromatic nitrogens is 4. The third-order valence-corrected chi connectivity index (χ3v) is 4.74. The summed E-state index contributed by atoms with van der Waals surface area (Å²) in [5.74, 6) is 0.479. The molecule has 1 aliphatic rings. The standard InChI is InChI=1S/C20H21N5O2/c1-15-18(13-22-25(15)16-7-3-2-4-8-16)20(26)24-12-6-9-17(14-24)27-19-10-5-11-21-23-19/h2-5,7-8,10-11,13,17H,6,9,12,14H2,1H3. The number of benzene rings is 1. The number of hydrogen-bond acceptors (Lipinski definition) is 5.